The molecule has 6 nitrogen and oxygen atoms in total. The molecule has 1 aromatic carbocycles. The Labute approximate surface area is 159 Å². The molecule has 0 bridgehead atoms. The van der Waals surface area contributed by atoms with Crippen molar-refractivity contribution in [3.05, 3.63) is 24.3 Å². The van der Waals surface area contributed by atoms with E-state index in [0.29, 0.717) is 13.1 Å². The van der Waals surface area contributed by atoms with Gasteiger partial charge in [-0.2, -0.15) is 0 Å². The number of benzene rings is 1. The molecule has 3 amide bonds. The SMILES string of the molecule is CCN(CC(=O)NC(C)C)C(=O)C1CC(=O)N(c2ccc(SC)cc2)C1. The lowest BCUT2D eigenvalue weighted by atomic mass is 10.1. The third kappa shape index (κ3) is 5.00. The molecule has 0 aromatic heterocycles. The zero-order valence-electron chi connectivity index (χ0n) is 15.8. The molecule has 0 spiro atoms. The van der Waals surface area contributed by atoms with E-state index in [1.165, 1.54) is 4.90 Å². The van der Waals surface area contributed by atoms with Crippen molar-refractivity contribution in [3.63, 3.8) is 0 Å². The van der Waals surface area contributed by atoms with Crippen molar-refractivity contribution in [2.75, 3.05) is 30.8 Å². The second kappa shape index (κ2) is 9.07. The van der Waals surface area contributed by atoms with Gasteiger partial charge in [-0.25, -0.2) is 0 Å². The molecule has 1 saturated heterocycles. The number of amides is 3. The summed E-state index contributed by atoms with van der Waals surface area (Å²) in [7, 11) is 0. The Balaban J connectivity index is 2.03. The standard InChI is InChI=1S/C19H27N3O3S/c1-5-21(12-17(23)20-13(2)3)19(25)14-10-18(24)22(11-14)15-6-8-16(26-4)9-7-15/h6-9,13-14H,5,10-12H2,1-4H3,(H,20,23). The monoisotopic (exact) mass is 377 g/mol. The predicted octanol–water partition coefficient (Wildman–Crippen LogP) is 2.13. The van der Waals surface area contributed by atoms with Gasteiger partial charge < -0.3 is 15.1 Å². The number of likely N-dealkylation sites (N-methyl/N-ethyl adjacent to an activating group) is 1. The number of anilines is 1. The largest absolute Gasteiger partial charge is 0.352 e. The van der Waals surface area contributed by atoms with Crippen LogP contribution in [0.1, 0.15) is 27.2 Å². The summed E-state index contributed by atoms with van der Waals surface area (Å²) < 4.78 is 0. The third-order valence-electron chi connectivity index (χ3n) is 4.34. The van der Waals surface area contributed by atoms with E-state index in [4.69, 9.17) is 0 Å². The molecule has 7 heteroatoms. The van der Waals surface area contributed by atoms with Crippen LogP contribution < -0.4 is 10.2 Å². The van der Waals surface area contributed by atoms with Crippen LogP contribution >= 0.6 is 11.8 Å². The number of carbonyl (C=O) groups excluding carboxylic acids is 3. The molecule has 1 aromatic rings. The molecule has 0 radical (unpaired) electrons. The topological polar surface area (TPSA) is 69.7 Å². The van der Waals surface area contributed by atoms with Gasteiger partial charge in [-0.15, -0.1) is 11.8 Å². The molecule has 1 heterocycles. The average Bonchev–Trinajstić information content (AvgIpc) is 3.00. The van der Waals surface area contributed by atoms with Gasteiger partial charge in [0.2, 0.25) is 17.7 Å². The zero-order chi connectivity index (χ0) is 19.3. The quantitative estimate of drug-likeness (QED) is 0.739. The van der Waals surface area contributed by atoms with Crippen molar-refractivity contribution in [2.45, 2.75) is 38.1 Å². The van der Waals surface area contributed by atoms with E-state index in [1.54, 1.807) is 16.7 Å². The second-order valence-electron chi connectivity index (χ2n) is 6.68. The number of carbonyl (C=O) groups is 3. The number of rotatable bonds is 7. The van der Waals surface area contributed by atoms with Gasteiger partial charge in [-0.3, -0.25) is 14.4 Å². The van der Waals surface area contributed by atoms with Crippen LogP contribution in [0.15, 0.2) is 29.2 Å². The smallest absolute Gasteiger partial charge is 0.239 e. The number of hydrogen-bond acceptors (Lipinski definition) is 4. The maximum absolute atomic E-state index is 12.8. The molecule has 0 aliphatic carbocycles. The highest BCUT2D eigenvalue weighted by Crippen LogP contribution is 2.28. The number of nitrogens with zero attached hydrogens (tertiary/aromatic N) is 2. The Morgan fingerprint density at radius 2 is 1.96 bits per heavy atom. The molecule has 142 valence electrons. The minimum Gasteiger partial charge on any atom is -0.352 e. The van der Waals surface area contributed by atoms with Gasteiger partial charge in [0, 0.05) is 36.1 Å². The summed E-state index contributed by atoms with van der Waals surface area (Å²) in [4.78, 5) is 41.5. The predicted molar refractivity (Wildman–Crippen MR) is 104 cm³/mol. The Morgan fingerprint density at radius 1 is 1.31 bits per heavy atom. The van der Waals surface area contributed by atoms with Crippen LogP contribution in [0.2, 0.25) is 0 Å². The highest BCUT2D eigenvalue weighted by Gasteiger charge is 2.37. The summed E-state index contributed by atoms with van der Waals surface area (Å²) in [6.45, 7) is 6.44. The van der Waals surface area contributed by atoms with E-state index in [0.717, 1.165) is 10.6 Å². The van der Waals surface area contributed by atoms with Crippen LogP contribution in [0.25, 0.3) is 0 Å². The van der Waals surface area contributed by atoms with Gasteiger partial charge in [-0.1, -0.05) is 0 Å². The van der Waals surface area contributed by atoms with Gasteiger partial charge in [0.25, 0.3) is 0 Å². The van der Waals surface area contributed by atoms with Gasteiger partial charge in [-0.05, 0) is 51.3 Å². The van der Waals surface area contributed by atoms with Crippen LogP contribution in [0.4, 0.5) is 5.69 Å². The van der Waals surface area contributed by atoms with Gasteiger partial charge in [0.15, 0.2) is 0 Å². The Bertz CT molecular complexity index is 660. The summed E-state index contributed by atoms with van der Waals surface area (Å²) in [6.07, 6.45) is 2.19. The summed E-state index contributed by atoms with van der Waals surface area (Å²) in [5, 5.41) is 2.80. The van der Waals surface area contributed by atoms with Crippen LogP contribution in [0.5, 0.6) is 0 Å². The lowest BCUT2D eigenvalue weighted by Crippen LogP contribution is -2.45. The van der Waals surface area contributed by atoms with Crippen molar-refractivity contribution in [3.8, 4) is 0 Å². The maximum Gasteiger partial charge on any atom is 0.239 e. The van der Waals surface area contributed by atoms with Gasteiger partial charge >= 0.3 is 0 Å². The fraction of sp³-hybridized carbons (Fsp3) is 0.526. The zero-order valence-corrected chi connectivity index (χ0v) is 16.6. The molecule has 26 heavy (non-hydrogen) atoms. The van der Waals surface area contributed by atoms with E-state index in [1.807, 2.05) is 51.3 Å². The minimum absolute atomic E-state index is 0.0284. The van der Waals surface area contributed by atoms with E-state index >= 15 is 0 Å². The van der Waals surface area contributed by atoms with Crippen LogP contribution in [-0.2, 0) is 14.4 Å². The third-order valence-corrected chi connectivity index (χ3v) is 5.08. The molecular weight excluding hydrogens is 350 g/mol. The number of nitrogens with one attached hydrogen (secondary N) is 1. The van der Waals surface area contributed by atoms with E-state index < -0.39 is 5.92 Å². The Hall–Kier alpha value is -2.02. The molecule has 1 fully saturated rings. The Morgan fingerprint density at radius 3 is 2.50 bits per heavy atom. The molecule has 1 aliphatic heterocycles. The number of thioether (sulfide) groups is 1. The Kier molecular flexibility index (Phi) is 7.08. The van der Waals surface area contributed by atoms with Crippen molar-refractivity contribution in [1.29, 1.82) is 0 Å². The summed E-state index contributed by atoms with van der Waals surface area (Å²) >= 11 is 1.64. The van der Waals surface area contributed by atoms with Crippen molar-refractivity contribution < 1.29 is 14.4 Å². The molecule has 1 unspecified atom stereocenters. The van der Waals surface area contributed by atoms with E-state index in [2.05, 4.69) is 5.32 Å². The first kappa shape index (κ1) is 20.3. The van der Waals surface area contributed by atoms with Crippen LogP contribution in [-0.4, -0.2) is 54.6 Å². The lowest BCUT2D eigenvalue weighted by Gasteiger charge is -2.24. The average molecular weight is 378 g/mol. The van der Waals surface area contributed by atoms with Crippen LogP contribution in [0, 0.1) is 5.92 Å². The first-order chi connectivity index (χ1) is 12.3. The molecular formula is C19H27N3O3S. The molecule has 1 N–H and O–H groups in total. The van der Waals surface area contributed by atoms with Crippen molar-refractivity contribution in [1.82, 2.24) is 10.2 Å². The maximum atomic E-state index is 12.8. The van der Waals surface area contributed by atoms with Crippen LogP contribution in [0.3, 0.4) is 0 Å². The van der Waals surface area contributed by atoms with E-state index in [9.17, 15) is 14.4 Å². The van der Waals surface area contributed by atoms with Crippen molar-refractivity contribution in [2.24, 2.45) is 5.92 Å². The van der Waals surface area contributed by atoms with E-state index in [-0.39, 0.29) is 36.7 Å². The normalized spacial score (nSPS) is 16.9. The van der Waals surface area contributed by atoms with Gasteiger partial charge in [0.1, 0.15) is 0 Å². The number of hydrogen-bond donors (Lipinski definition) is 1. The highest BCUT2D eigenvalue weighted by molar-refractivity contribution is 7.98. The highest BCUT2D eigenvalue weighted by atomic mass is 32.2. The fourth-order valence-electron chi connectivity index (χ4n) is 3.03. The molecule has 0 saturated carbocycles. The summed E-state index contributed by atoms with van der Waals surface area (Å²) in [5.74, 6) is -0.774. The van der Waals surface area contributed by atoms with Crippen molar-refractivity contribution >= 4 is 35.2 Å². The molecule has 2 rings (SSSR count). The second-order valence-corrected chi connectivity index (χ2v) is 7.56. The summed E-state index contributed by atoms with van der Waals surface area (Å²) in [6, 6.07) is 7.78. The fourth-order valence-corrected chi connectivity index (χ4v) is 3.44. The first-order valence-corrected chi connectivity index (χ1v) is 10.1. The molecule has 1 atom stereocenters. The molecule has 1 aliphatic rings. The lowest BCUT2D eigenvalue weighted by molar-refractivity contribution is -0.139. The summed E-state index contributed by atoms with van der Waals surface area (Å²) in [5.41, 5.74) is 0.809. The van der Waals surface area contributed by atoms with Gasteiger partial charge in [0.05, 0.1) is 12.5 Å². The minimum atomic E-state index is -0.408. The first-order valence-electron chi connectivity index (χ1n) is 8.88.